The van der Waals surface area contributed by atoms with E-state index in [1.807, 2.05) is 13.8 Å². The van der Waals surface area contributed by atoms with Crippen molar-refractivity contribution in [3.05, 3.63) is 29.6 Å². The third-order valence-corrected chi connectivity index (χ3v) is 2.56. The Morgan fingerprint density at radius 3 is 2.56 bits per heavy atom. The number of hydrogen-bond acceptors (Lipinski definition) is 1. The van der Waals surface area contributed by atoms with Crippen LogP contribution in [0.5, 0.6) is 0 Å². The van der Waals surface area contributed by atoms with E-state index in [1.54, 1.807) is 24.0 Å². The van der Waals surface area contributed by atoms with Crippen LogP contribution in [0.2, 0.25) is 0 Å². The second-order valence-electron chi connectivity index (χ2n) is 3.51. The van der Waals surface area contributed by atoms with Crippen molar-refractivity contribution in [2.45, 2.75) is 20.8 Å². The second-order valence-corrected chi connectivity index (χ2v) is 3.51. The number of benzene rings is 1. The van der Waals surface area contributed by atoms with Crippen molar-refractivity contribution < 1.29 is 9.18 Å². The number of carbonyl (C=O) groups excluding carboxylic acids is 1. The molecule has 0 spiro atoms. The van der Waals surface area contributed by atoms with Gasteiger partial charge in [-0.1, -0.05) is 6.07 Å². The van der Waals surface area contributed by atoms with E-state index in [2.05, 4.69) is 5.32 Å². The van der Waals surface area contributed by atoms with Crippen LogP contribution in [-0.4, -0.2) is 24.0 Å². The van der Waals surface area contributed by atoms with Gasteiger partial charge in [0, 0.05) is 24.3 Å². The molecule has 0 aliphatic carbocycles. The third kappa shape index (κ3) is 2.72. The normalized spacial score (nSPS) is 10.0. The molecule has 2 amide bonds. The molecule has 0 aliphatic rings. The molecule has 0 aliphatic heterocycles. The molecule has 1 rings (SSSR count). The lowest BCUT2D eigenvalue weighted by Crippen LogP contribution is -2.34. The summed E-state index contributed by atoms with van der Waals surface area (Å²) < 4.78 is 13.2. The van der Waals surface area contributed by atoms with Crippen molar-refractivity contribution in [2.75, 3.05) is 18.4 Å². The summed E-state index contributed by atoms with van der Waals surface area (Å²) in [5.41, 5.74) is 0.986. The van der Waals surface area contributed by atoms with E-state index >= 15 is 0 Å². The Morgan fingerprint density at radius 1 is 1.38 bits per heavy atom. The molecule has 0 fully saturated rings. The number of nitrogens with zero attached hydrogens (tertiary/aromatic N) is 1. The second kappa shape index (κ2) is 5.49. The average molecular weight is 224 g/mol. The van der Waals surface area contributed by atoms with E-state index in [-0.39, 0.29) is 11.8 Å². The number of amides is 2. The topological polar surface area (TPSA) is 32.3 Å². The molecule has 0 aromatic heterocycles. The highest BCUT2D eigenvalue weighted by Crippen LogP contribution is 2.17. The Morgan fingerprint density at radius 2 is 2.00 bits per heavy atom. The Labute approximate surface area is 95.3 Å². The standard InChI is InChI=1S/C12H17FN2O/c1-4-15(5-2)12(16)14-11-8-6-7-10(13)9(11)3/h6-8H,4-5H2,1-3H3,(H,14,16). The van der Waals surface area contributed by atoms with Gasteiger partial charge in [0.25, 0.3) is 0 Å². The molecule has 16 heavy (non-hydrogen) atoms. The quantitative estimate of drug-likeness (QED) is 0.841. The number of nitrogens with one attached hydrogen (secondary N) is 1. The van der Waals surface area contributed by atoms with Crippen LogP contribution in [0.25, 0.3) is 0 Å². The summed E-state index contributed by atoms with van der Waals surface area (Å²) in [5, 5.41) is 2.70. The summed E-state index contributed by atoms with van der Waals surface area (Å²) in [6.45, 7) is 6.73. The minimum atomic E-state index is -0.308. The lowest BCUT2D eigenvalue weighted by atomic mass is 10.2. The maximum absolute atomic E-state index is 13.2. The predicted octanol–water partition coefficient (Wildman–Crippen LogP) is 3.01. The largest absolute Gasteiger partial charge is 0.325 e. The third-order valence-electron chi connectivity index (χ3n) is 2.56. The number of rotatable bonds is 3. The smallest absolute Gasteiger partial charge is 0.321 e. The molecule has 0 saturated carbocycles. The Bertz CT molecular complexity index is 375. The lowest BCUT2D eigenvalue weighted by molar-refractivity contribution is 0.217. The van der Waals surface area contributed by atoms with Crippen LogP contribution in [0.1, 0.15) is 19.4 Å². The van der Waals surface area contributed by atoms with E-state index in [0.717, 1.165) is 0 Å². The summed E-state index contributed by atoms with van der Waals surface area (Å²) in [5.74, 6) is -0.308. The number of halogens is 1. The van der Waals surface area contributed by atoms with Crippen LogP contribution < -0.4 is 5.32 Å². The Hall–Kier alpha value is -1.58. The summed E-state index contributed by atoms with van der Waals surface area (Å²) in [4.78, 5) is 13.4. The molecule has 0 unspecified atom stereocenters. The van der Waals surface area contributed by atoms with E-state index in [1.165, 1.54) is 6.07 Å². The van der Waals surface area contributed by atoms with Crippen molar-refractivity contribution in [3.63, 3.8) is 0 Å². The molecular weight excluding hydrogens is 207 g/mol. The molecule has 1 aromatic carbocycles. The molecule has 1 N–H and O–H groups in total. The first-order valence-corrected chi connectivity index (χ1v) is 5.41. The number of anilines is 1. The SMILES string of the molecule is CCN(CC)C(=O)Nc1cccc(F)c1C. The van der Waals surface area contributed by atoms with Gasteiger partial charge in [-0.15, -0.1) is 0 Å². The molecule has 88 valence electrons. The van der Waals surface area contributed by atoms with Gasteiger partial charge in [-0.3, -0.25) is 0 Å². The van der Waals surface area contributed by atoms with Crippen LogP contribution in [0.3, 0.4) is 0 Å². The van der Waals surface area contributed by atoms with Gasteiger partial charge < -0.3 is 10.2 Å². The van der Waals surface area contributed by atoms with Crippen molar-refractivity contribution in [3.8, 4) is 0 Å². The summed E-state index contributed by atoms with van der Waals surface area (Å²) in [7, 11) is 0. The summed E-state index contributed by atoms with van der Waals surface area (Å²) in [6.07, 6.45) is 0. The Balaban J connectivity index is 2.80. The van der Waals surface area contributed by atoms with Crippen LogP contribution in [0.4, 0.5) is 14.9 Å². The number of urea groups is 1. The van der Waals surface area contributed by atoms with Gasteiger partial charge >= 0.3 is 6.03 Å². The van der Waals surface area contributed by atoms with Crippen LogP contribution in [0, 0.1) is 12.7 Å². The minimum Gasteiger partial charge on any atom is -0.325 e. The van der Waals surface area contributed by atoms with Gasteiger partial charge in [0.1, 0.15) is 5.82 Å². The monoisotopic (exact) mass is 224 g/mol. The fourth-order valence-electron chi connectivity index (χ4n) is 1.45. The first kappa shape index (κ1) is 12.5. The van der Waals surface area contributed by atoms with E-state index < -0.39 is 0 Å². The van der Waals surface area contributed by atoms with Gasteiger partial charge in [-0.25, -0.2) is 9.18 Å². The zero-order valence-electron chi connectivity index (χ0n) is 9.88. The van der Waals surface area contributed by atoms with E-state index in [4.69, 9.17) is 0 Å². The molecule has 1 aromatic rings. The average Bonchev–Trinajstić information content (AvgIpc) is 2.26. The molecule has 0 radical (unpaired) electrons. The fourth-order valence-corrected chi connectivity index (χ4v) is 1.45. The fraction of sp³-hybridized carbons (Fsp3) is 0.417. The first-order chi connectivity index (χ1) is 7.60. The van der Waals surface area contributed by atoms with E-state index in [0.29, 0.717) is 24.3 Å². The predicted molar refractivity (Wildman–Crippen MR) is 63.1 cm³/mol. The maximum atomic E-state index is 13.2. The molecule has 0 saturated heterocycles. The van der Waals surface area contributed by atoms with E-state index in [9.17, 15) is 9.18 Å². The summed E-state index contributed by atoms with van der Waals surface area (Å²) >= 11 is 0. The zero-order chi connectivity index (χ0) is 12.1. The van der Waals surface area contributed by atoms with Crippen LogP contribution >= 0.6 is 0 Å². The summed E-state index contributed by atoms with van der Waals surface area (Å²) in [6, 6.07) is 4.46. The van der Waals surface area contributed by atoms with Crippen molar-refractivity contribution in [1.82, 2.24) is 4.90 Å². The molecule has 0 atom stereocenters. The lowest BCUT2D eigenvalue weighted by Gasteiger charge is -2.20. The first-order valence-electron chi connectivity index (χ1n) is 5.41. The number of hydrogen-bond donors (Lipinski definition) is 1. The van der Waals surface area contributed by atoms with Crippen molar-refractivity contribution in [2.24, 2.45) is 0 Å². The van der Waals surface area contributed by atoms with Gasteiger partial charge in [0.2, 0.25) is 0 Å². The van der Waals surface area contributed by atoms with Crippen LogP contribution in [0.15, 0.2) is 18.2 Å². The molecule has 0 bridgehead atoms. The molecule has 3 nitrogen and oxygen atoms in total. The highest BCUT2D eigenvalue weighted by molar-refractivity contribution is 5.90. The van der Waals surface area contributed by atoms with Gasteiger partial charge in [0.15, 0.2) is 0 Å². The van der Waals surface area contributed by atoms with Gasteiger partial charge in [0.05, 0.1) is 0 Å². The van der Waals surface area contributed by atoms with Crippen LogP contribution in [-0.2, 0) is 0 Å². The van der Waals surface area contributed by atoms with Crippen molar-refractivity contribution >= 4 is 11.7 Å². The highest BCUT2D eigenvalue weighted by Gasteiger charge is 2.11. The molecule has 4 heteroatoms. The number of carbonyl (C=O) groups is 1. The highest BCUT2D eigenvalue weighted by atomic mass is 19.1. The maximum Gasteiger partial charge on any atom is 0.321 e. The Kier molecular flexibility index (Phi) is 4.28. The zero-order valence-corrected chi connectivity index (χ0v) is 9.88. The van der Waals surface area contributed by atoms with Gasteiger partial charge in [-0.2, -0.15) is 0 Å². The van der Waals surface area contributed by atoms with Gasteiger partial charge in [-0.05, 0) is 32.9 Å². The molecule has 0 heterocycles. The minimum absolute atomic E-state index is 0.196. The molecular formula is C12H17FN2O. The van der Waals surface area contributed by atoms with Crippen molar-refractivity contribution in [1.29, 1.82) is 0 Å².